The van der Waals surface area contributed by atoms with Gasteiger partial charge in [-0.2, -0.15) is 0 Å². The van der Waals surface area contributed by atoms with Crippen LogP contribution in [-0.2, 0) is 0 Å². The highest BCUT2D eigenvalue weighted by Gasteiger charge is 1.99. The van der Waals surface area contributed by atoms with Gasteiger partial charge in [0.05, 0.1) is 0 Å². The van der Waals surface area contributed by atoms with Gasteiger partial charge in [0.25, 0.3) is 0 Å². The molecule has 0 fully saturated rings. The van der Waals surface area contributed by atoms with E-state index in [2.05, 4.69) is 37.0 Å². The van der Waals surface area contributed by atoms with E-state index in [0.29, 0.717) is 0 Å². The van der Waals surface area contributed by atoms with Crippen LogP contribution >= 0.6 is 0 Å². The lowest BCUT2D eigenvalue weighted by Gasteiger charge is -2.07. The topological polar surface area (TPSA) is 0 Å². The van der Waals surface area contributed by atoms with Crippen LogP contribution in [0.5, 0.6) is 0 Å². The maximum atomic E-state index is 3.72. The van der Waals surface area contributed by atoms with Crippen molar-refractivity contribution in [2.24, 2.45) is 0 Å². The molecule has 1 rings (SSSR count). The zero-order valence-corrected chi connectivity index (χ0v) is 14.2. The minimum Gasteiger partial charge on any atom is -0.0990 e. The first-order valence-corrected chi connectivity index (χ1v) is 7.71. The molecule has 0 unspecified atom stereocenters. The quantitative estimate of drug-likeness (QED) is 0.479. The molecule has 0 amide bonds. The fraction of sp³-hybridized carbons (Fsp3) is 0.474. The van der Waals surface area contributed by atoms with Crippen molar-refractivity contribution in [2.45, 2.75) is 61.3 Å². The fourth-order valence-electron chi connectivity index (χ4n) is 1.38. The molecule has 0 N–H and O–H groups in total. The zero-order valence-electron chi connectivity index (χ0n) is 14.2. The fourth-order valence-corrected chi connectivity index (χ4v) is 1.38. The first-order chi connectivity index (χ1) is 9.38. The summed E-state index contributed by atoms with van der Waals surface area (Å²) in [6.45, 7) is 17.7. The third-order valence-corrected chi connectivity index (χ3v) is 1.97. The van der Waals surface area contributed by atoms with Crippen molar-refractivity contribution in [1.29, 1.82) is 0 Å². The van der Waals surface area contributed by atoms with E-state index in [0.717, 1.165) is 6.42 Å². The summed E-state index contributed by atoms with van der Waals surface area (Å²) in [4.78, 5) is 0. The van der Waals surface area contributed by atoms with Gasteiger partial charge in [-0.15, -0.1) is 0 Å². The monoisotopic (exact) mass is 262 g/mol. The molecule has 0 saturated carbocycles. The predicted molar refractivity (Wildman–Crippen MR) is 93.6 cm³/mol. The summed E-state index contributed by atoms with van der Waals surface area (Å²) in [6, 6.07) is 0. The average Bonchev–Trinajstić information content (AvgIpc) is 2.54. The minimum atomic E-state index is 1.15. The van der Waals surface area contributed by atoms with Gasteiger partial charge < -0.3 is 0 Å². The number of rotatable bonds is 3. The van der Waals surface area contributed by atoms with E-state index in [4.69, 9.17) is 0 Å². The van der Waals surface area contributed by atoms with Gasteiger partial charge in [0.15, 0.2) is 0 Å². The standard InChI is InChI=1S/C13H16.3C2H6/c1-3-8-12(9-4-2)13-10-6-5-7-11-13;3*1-2/h3-4,6,8-11H,1,5,7H2,2H3;3*1-2H3/b9-4-,12-8+;;;. The summed E-state index contributed by atoms with van der Waals surface area (Å²) in [7, 11) is 0. The molecule has 0 bridgehead atoms. The van der Waals surface area contributed by atoms with E-state index in [-0.39, 0.29) is 0 Å². The van der Waals surface area contributed by atoms with Crippen LogP contribution in [0.1, 0.15) is 61.3 Å². The molecule has 0 heterocycles. The summed E-state index contributed by atoms with van der Waals surface area (Å²) < 4.78 is 0. The molecule has 110 valence electrons. The van der Waals surface area contributed by atoms with E-state index in [1.54, 1.807) is 0 Å². The molecule has 0 nitrogen and oxygen atoms in total. The number of hydrogen-bond donors (Lipinski definition) is 0. The van der Waals surface area contributed by atoms with E-state index in [1.165, 1.54) is 17.6 Å². The van der Waals surface area contributed by atoms with Crippen LogP contribution in [0.3, 0.4) is 0 Å². The van der Waals surface area contributed by atoms with Crippen LogP contribution in [0.4, 0.5) is 0 Å². The molecule has 0 radical (unpaired) electrons. The van der Waals surface area contributed by atoms with Crippen LogP contribution < -0.4 is 0 Å². The lowest BCUT2D eigenvalue weighted by atomic mass is 9.99. The lowest BCUT2D eigenvalue weighted by Crippen LogP contribution is -1.87. The molecule has 0 aromatic carbocycles. The van der Waals surface area contributed by atoms with Gasteiger partial charge in [0.1, 0.15) is 0 Å². The molecule has 0 saturated heterocycles. The molecule has 0 atom stereocenters. The number of allylic oxidation sites excluding steroid dienone is 9. The summed E-state index contributed by atoms with van der Waals surface area (Å²) in [5.74, 6) is 0. The van der Waals surface area contributed by atoms with Gasteiger partial charge in [0, 0.05) is 0 Å². The minimum absolute atomic E-state index is 1.15. The van der Waals surface area contributed by atoms with E-state index >= 15 is 0 Å². The van der Waals surface area contributed by atoms with Crippen LogP contribution in [0.15, 0.2) is 60.3 Å². The van der Waals surface area contributed by atoms with Gasteiger partial charge in [0.2, 0.25) is 0 Å². The maximum Gasteiger partial charge on any atom is -0.0191 e. The van der Waals surface area contributed by atoms with E-state index in [1.807, 2.05) is 60.6 Å². The van der Waals surface area contributed by atoms with Crippen LogP contribution in [0, 0.1) is 0 Å². The molecule has 0 spiro atoms. The van der Waals surface area contributed by atoms with Crippen molar-refractivity contribution in [1.82, 2.24) is 0 Å². The van der Waals surface area contributed by atoms with Crippen LogP contribution in [-0.4, -0.2) is 0 Å². The summed E-state index contributed by atoms with van der Waals surface area (Å²) in [5, 5.41) is 0. The summed E-state index contributed by atoms with van der Waals surface area (Å²) in [5.41, 5.74) is 2.55. The van der Waals surface area contributed by atoms with Crippen LogP contribution in [0.25, 0.3) is 0 Å². The average molecular weight is 262 g/mol. The van der Waals surface area contributed by atoms with E-state index < -0.39 is 0 Å². The smallest absolute Gasteiger partial charge is 0.0191 e. The zero-order chi connectivity index (χ0) is 15.5. The largest absolute Gasteiger partial charge is 0.0990 e. The SMILES string of the molecule is C=C/C=C(\C=C/C)C1=CCCC=C1.CC.CC.CC. The molecule has 1 aliphatic carbocycles. The Morgan fingerprint density at radius 3 is 2.00 bits per heavy atom. The summed E-state index contributed by atoms with van der Waals surface area (Å²) >= 11 is 0. The second-order valence-corrected chi connectivity index (χ2v) is 3.00. The predicted octanol–water partition coefficient (Wildman–Crippen LogP) is 7.03. The normalized spacial score (nSPS) is 13.0. The Bertz CT molecular complexity index is 285. The Balaban J connectivity index is -0.000000375. The highest BCUT2D eigenvalue weighted by atomic mass is 14.0. The lowest BCUT2D eigenvalue weighted by molar-refractivity contribution is 1.02. The highest BCUT2D eigenvalue weighted by molar-refractivity contribution is 5.48. The molecule has 0 aromatic rings. The Hall–Kier alpha value is -1.30. The highest BCUT2D eigenvalue weighted by Crippen LogP contribution is 2.19. The second kappa shape index (κ2) is 21.9. The molecule has 19 heavy (non-hydrogen) atoms. The first kappa shape index (κ1) is 22.8. The Morgan fingerprint density at radius 1 is 1.05 bits per heavy atom. The van der Waals surface area contributed by atoms with Gasteiger partial charge in [-0.25, -0.2) is 0 Å². The molecule has 0 aliphatic heterocycles. The van der Waals surface area contributed by atoms with Gasteiger partial charge in [-0.1, -0.05) is 90.7 Å². The van der Waals surface area contributed by atoms with Crippen LogP contribution in [0.2, 0.25) is 0 Å². The second-order valence-electron chi connectivity index (χ2n) is 3.00. The van der Waals surface area contributed by atoms with Gasteiger partial charge >= 0.3 is 0 Å². The molecular weight excluding hydrogens is 228 g/mol. The Labute approximate surface area is 122 Å². The first-order valence-electron chi connectivity index (χ1n) is 7.71. The molecule has 0 heteroatoms. The van der Waals surface area contributed by atoms with Gasteiger partial charge in [-0.3, -0.25) is 0 Å². The van der Waals surface area contributed by atoms with Crippen molar-refractivity contribution in [3.63, 3.8) is 0 Å². The Morgan fingerprint density at radius 2 is 1.63 bits per heavy atom. The summed E-state index contributed by atoms with van der Waals surface area (Å²) in [6.07, 6.45) is 17.0. The van der Waals surface area contributed by atoms with Gasteiger partial charge in [-0.05, 0) is 30.9 Å². The van der Waals surface area contributed by atoms with E-state index in [9.17, 15) is 0 Å². The number of hydrogen-bond acceptors (Lipinski definition) is 0. The maximum absolute atomic E-state index is 3.72. The third kappa shape index (κ3) is 12.9. The molecular formula is C19H34. The van der Waals surface area contributed by atoms with Crippen molar-refractivity contribution < 1.29 is 0 Å². The van der Waals surface area contributed by atoms with Crippen molar-refractivity contribution in [2.75, 3.05) is 0 Å². The van der Waals surface area contributed by atoms with Crippen molar-refractivity contribution in [3.8, 4) is 0 Å². The molecule has 1 aliphatic rings. The van der Waals surface area contributed by atoms with Crippen molar-refractivity contribution in [3.05, 3.63) is 60.3 Å². The third-order valence-electron chi connectivity index (χ3n) is 1.97. The Kier molecular flexibility index (Phi) is 26.4. The van der Waals surface area contributed by atoms with Crippen molar-refractivity contribution >= 4 is 0 Å². The molecule has 0 aromatic heterocycles.